The number of aliphatic imine (C=N–C) groups is 1. The largest absolute Gasteiger partial charge is 0.370 e. The van der Waals surface area contributed by atoms with Gasteiger partial charge in [0.25, 0.3) is 0 Å². The molecular formula is C10H19N5. The van der Waals surface area contributed by atoms with E-state index in [0.29, 0.717) is 18.5 Å². The second-order valence-corrected chi connectivity index (χ2v) is 3.91. The Bertz CT molecular complexity index is 331. The summed E-state index contributed by atoms with van der Waals surface area (Å²) in [5.41, 5.74) is 8.84. The van der Waals surface area contributed by atoms with Crippen molar-refractivity contribution in [2.75, 3.05) is 0 Å². The third-order valence-corrected chi connectivity index (χ3v) is 2.12. The summed E-state index contributed by atoms with van der Waals surface area (Å²) in [5, 5.41) is 10.1. The number of nitrogens with two attached hydrogens (primary N) is 1. The van der Waals surface area contributed by atoms with Gasteiger partial charge in [-0.3, -0.25) is 5.10 Å². The number of rotatable bonds is 3. The number of aryl methyl sites for hydroxylation is 2. The lowest BCUT2D eigenvalue weighted by Gasteiger charge is -2.08. The minimum Gasteiger partial charge on any atom is -0.370 e. The second kappa shape index (κ2) is 4.82. The first kappa shape index (κ1) is 11.6. The summed E-state index contributed by atoms with van der Waals surface area (Å²) in [6.45, 7) is 8.56. The van der Waals surface area contributed by atoms with Crippen LogP contribution >= 0.6 is 0 Å². The minimum atomic E-state index is 0.306. The van der Waals surface area contributed by atoms with Crippen LogP contribution in [0.4, 0.5) is 0 Å². The van der Waals surface area contributed by atoms with Crippen LogP contribution in [0.5, 0.6) is 0 Å². The molecule has 0 aliphatic heterocycles. The third-order valence-electron chi connectivity index (χ3n) is 2.12. The Morgan fingerprint density at radius 3 is 2.67 bits per heavy atom. The van der Waals surface area contributed by atoms with E-state index in [9.17, 15) is 0 Å². The highest BCUT2D eigenvalue weighted by molar-refractivity contribution is 5.78. The van der Waals surface area contributed by atoms with E-state index in [1.807, 2.05) is 27.7 Å². The summed E-state index contributed by atoms with van der Waals surface area (Å²) in [6, 6.07) is 0.306. The molecule has 1 rings (SSSR count). The SMILES string of the molecule is Cc1n[nH]c(C)c1CN=C(N)NC(C)C. The lowest BCUT2D eigenvalue weighted by atomic mass is 10.2. The van der Waals surface area contributed by atoms with Crippen LogP contribution in [0.15, 0.2) is 4.99 Å². The van der Waals surface area contributed by atoms with E-state index in [1.165, 1.54) is 0 Å². The van der Waals surface area contributed by atoms with Crippen molar-refractivity contribution < 1.29 is 0 Å². The van der Waals surface area contributed by atoms with Gasteiger partial charge in [-0.25, -0.2) is 4.99 Å². The molecule has 5 nitrogen and oxygen atoms in total. The second-order valence-electron chi connectivity index (χ2n) is 3.91. The molecule has 0 amide bonds. The van der Waals surface area contributed by atoms with E-state index >= 15 is 0 Å². The average molecular weight is 209 g/mol. The number of H-pyrrole nitrogens is 1. The third kappa shape index (κ3) is 3.27. The van der Waals surface area contributed by atoms with Crippen LogP contribution < -0.4 is 11.1 Å². The molecule has 1 aromatic heterocycles. The normalized spacial score (nSPS) is 12.2. The van der Waals surface area contributed by atoms with Crippen LogP contribution in [-0.2, 0) is 6.54 Å². The van der Waals surface area contributed by atoms with Gasteiger partial charge in [0, 0.05) is 17.3 Å². The number of nitrogens with zero attached hydrogens (tertiary/aromatic N) is 2. The molecule has 0 spiro atoms. The zero-order valence-electron chi connectivity index (χ0n) is 9.76. The van der Waals surface area contributed by atoms with E-state index in [-0.39, 0.29) is 0 Å². The smallest absolute Gasteiger partial charge is 0.189 e. The summed E-state index contributed by atoms with van der Waals surface area (Å²) < 4.78 is 0. The van der Waals surface area contributed by atoms with E-state index in [1.54, 1.807) is 0 Å². The van der Waals surface area contributed by atoms with Crippen molar-refractivity contribution in [2.24, 2.45) is 10.7 Å². The topological polar surface area (TPSA) is 79.1 Å². The summed E-state index contributed by atoms with van der Waals surface area (Å²) >= 11 is 0. The number of hydrogen-bond donors (Lipinski definition) is 3. The Morgan fingerprint density at radius 2 is 2.20 bits per heavy atom. The van der Waals surface area contributed by atoms with Crippen molar-refractivity contribution in [3.8, 4) is 0 Å². The number of aromatic amines is 1. The molecule has 0 aliphatic carbocycles. The molecule has 0 radical (unpaired) electrons. The lowest BCUT2D eigenvalue weighted by molar-refractivity contribution is 0.723. The number of aromatic nitrogens is 2. The standard InChI is InChI=1S/C10H19N5/c1-6(2)13-10(11)12-5-9-7(3)14-15-8(9)4/h6H,5H2,1-4H3,(H,14,15)(H3,11,12,13). The van der Waals surface area contributed by atoms with Crippen molar-refractivity contribution in [3.63, 3.8) is 0 Å². The van der Waals surface area contributed by atoms with Crippen LogP contribution in [0.2, 0.25) is 0 Å². The fraction of sp³-hybridized carbons (Fsp3) is 0.600. The van der Waals surface area contributed by atoms with Crippen molar-refractivity contribution in [1.82, 2.24) is 15.5 Å². The van der Waals surface area contributed by atoms with Gasteiger partial charge < -0.3 is 11.1 Å². The Balaban J connectivity index is 2.63. The molecule has 0 fully saturated rings. The Labute approximate surface area is 90.2 Å². The number of nitrogens with one attached hydrogen (secondary N) is 2. The van der Waals surface area contributed by atoms with Crippen molar-refractivity contribution in [1.29, 1.82) is 0 Å². The zero-order valence-corrected chi connectivity index (χ0v) is 9.76. The van der Waals surface area contributed by atoms with Gasteiger partial charge in [0.2, 0.25) is 0 Å². The quantitative estimate of drug-likeness (QED) is 0.510. The average Bonchev–Trinajstić information content (AvgIpc) is 2.42. The molecule has 5 heteroatoms. The maximum atomic E-state index is 5.70. The molecule has 84 valence electrons. The zero-order chi connectivity index (χ0) is 11.4. The van der Waals surface area contributed by atoms with Gasteiger partial charge >= 0.3 is 0 Å². The molecule has 0 saturated carbocycles. The van der Waals surface area contributed by atoms with E-state index in [2.05, 4.69) is 20.5 Å². The van der Waals surface area contributed by atoms with Crippen molar-refractivity contribution in [3.05, 3.63) is 17.0 Å². The Morgan fingerprint density at radius 1 is 1.53 bits per heavy atom. The highest BCUT2D eigenvalue weighted by Crippen LogP contribution is 2.09. The van der Waals surface area contributed by atoms with Gasteiger partial charge in [-0.15, -0.1) is 0 Å². The predicted molar refractivity (Wildman–Crippen MR) is 61.7 cm³/mol. The molecule has 0 aromatic carbocycles. The van der Waals surface area contributed by atoms with Crippen molar-refractivity contribution >= 4 is 5.96 Å². The Kier molecular flexibility index (Phi) is 3.71. The summed E-state index contributed by atoms with van der Waals surface area (Å²) in [7, 11) is 0. The first-order chi connectivity index (χ1) is 7.00. The van der Waals surface area contributed by atoms with Gasteiger partial charge in [0.05, 0.1) is 12.2 Å². The maximum Gasteiger partial charge on any atom is 0.189 e. The van der Waals surface area contributed by atoms with Crippen LogP contribution in [-0.4, -0.2) is 22.2 Å². The van der Waals surface area contributed by atoms with E-state index < -0.39 is 0 Å². The van der Waals surface area contributed by atoms with Gasteiger partial charge in [-0.2, -0.15) is 5.10 Å². The molecule has 1 aromatic rings. The summed E-state index contributed by atoms with van der Waals surface area (Å²) in [4.78, 5) is 4.25. The van der Waals surface area contributed by atoms with E-state index in [0.717, 1.165) is 17.0 Å². The van der Waals surface area contributed by atoms with Crippen molar-refractivity contribution in [2.45, 2.75) is 40.3 Å². The molecule has 4 N–H and O–H groups in total. The lowest BCUT2D eigenvalue weighted by Crippen LogP contribution is -2.36. The molecule has 0 unspecified atom stereocenters. The van der Waals surface area contributed by atoms with E-state index in [4.69, 9.17) is 5.73 Å². The molecular weight excluding hydrogens is 190 g/mol. The number of guanidine groups is 1. The predicted octanol–water partition coefficient (Wildman–Crippen LogP) is 0.839. The molecule has 0 saturated heterocycles. The Hall–Kier alpha value is -1.52. The number of hydrogen-bond acceptors (Lipinski definition) is 2. The molecule has 0 bridgehead atoms. The monoisotopic (exact) mass is 209 g/mol. The van der Waals surface area contributed by atoms with Crippen LogP contribution in [0, 0.1) is 13.8 Å². The molecule has 1 heterocycles. The van der Waals surface area contributed by atoms with Gasteiger partial charge in [0.1, 0.15) is 0 Å². The minimum absolute atomic E-state index is 0.306. The molecule has 15 heavy (non-hydrogen) atoms. The van der Waals surface area contributed by atoms with Crippen LogP contribution in [0.1, 0.15) is 30.8 Å². The summed E-state index contributed by atoms with van der Waals surface area (Å²) in [6.07, 6.45) is 0. The van der Waals surface area contributed by atoms with Gasteiger partial charge in [-0.05, 0) is 27.7 Å². The highest BCUT2D eigenvalue weighted by Gasteiger charge is 2.05. The molecule has 0 aliphatic rings. The van der Waals surface area contributed by atoms with Crippen LogP contribution in [0.3, 0.4) is 0 Å². The van der Waals surface area contributed by atoms with Gasteiger partial charge in [0.15, 0.2) is 5.96 Å². The maximum absolute atomic E-state index is 5.70. The van der Waals surface area contributed by atoms with Gasteiger partial charge in [-0.1, -0.05) is 0 Å². The summed E-state index contributed by atoms with van der Waals surface area (Å²) in [5.74, 6) is 0.477. The molecule has 0 atom stereocenters. The first-order valence-corrected chi connectivity index (χ1v) is 5.07. The first-order valence-electron chi connectivity index (χ1n) is 5.07. The highest BCUT2D eigenvalue weighted by atomic mass is 15.1. The fourth-order valence-electron chi connectivity index (χ4n) is 1.31. The van der Waals surface area contributed by atoms with Crippen LogP contribution in [0.25, 0.3) is 0 Å². The fourth-order valence-corrected chi connectivity index (χ4v) is 1.31.